The number of aliphatic hydroxyl groups excluding tert-OH is 1. The van der Waals surface area contributed by atoms with Crippen molar-refractivity contribution in [2.45, 2.75) is 44.9 Å². The van der Waals surface area contributed by atoms with Crippen LogP contribution >= 0.6 is 0 Å². The summed E-state index contributed by atoms with van der Waals surface area (Å²) in [5.74, 6) is 0. The number of rotatable bonds is 3. The van der Waals surface area contributed by atoms with Crippen LogP contribution in [0.5, 0.6) is 0 Å². The van der Waals surface area contributed by atoms with Gasteiger partial charge < -0.3 is 20.8 Å². The number of nitrogens with two attached hydrogens (primary N) is 1. The molecular weight excluding hydrogens is 348 g/mol. The molecule has 0 bridgehead atoms. The molecule has 2 heterocycles. The maximum Gasteiger partial charge on any atom is 0.408 e. The zero-order chi connectivity index (χ0) is 19.8. The van der Waals surface area contributed by atoms with Crippen LogP contribution in [0.2, 0.25) is 0 Å². The van der Waals surface area contributed by atoms with E-state index in [9.17, 15) is 15.0 Å². The molecule has 1 aliphatic rings. The number of aromatic nitrogens is 3. The quantitative estimate of drug-likeness (QED) is 0.697. The topological polar surface area (TPSA) is 121 Å². The fourth-order valence-corrected chi connectivity index (χ4v) is 3.66. The van der Waals surface area contributed by atoms with Gasteiger partial charge in [0.2, 0.25) is 0 Å². The molecule has 0 spiro atoms. The Balaban J connectivity index is 1.81. The number of anilines is 2. The summed E-state index contributed by atoms with van der Waals surface area (Å²) in [6.45, 7) is 6.46. The van der Waals surface area contributed by atoms with E-state index in [0.29, 0.717) is 25.2 Å². The van der Waals surface area contributed by atoms with Crippen LogP contribution in [0.25, 0.3) is 5.69 Å². The molecule has 0 saturated carbocycles. The van der Waals surface area contributed by atoms with E-state index in [2.05, 4.69) is 10.2 Å². The third kappa shape index (κ3) is 3.97. The van der Waals surface area contributed by atoms with E-state index in [1.807, 2.05) is 43.9 Å². The molecule has 1 aliphatic heterocycles. The van der Waals surface area contributed by atoms with Crippen molar-refractivity contribution in [1.29, 1.82) is 0 Å². The van der Waals surface area contributed by atoms with Crippen molar-refractivity contribution in [1.82, 2.24) is 19.7 Å². The number of piperidine rings is 1. The predicted octanol–water partition coefficient (Wildman–Crippen LogP) is 1.57. The smallest absolute Gasteiger partial charge is 0.408 e. The van der Waals surface area contributed by atoms with Crippen LogP contribution in [-0.4, -0.2) is 66.7 Å². The summed E-state index contributed by atoms with van der Waals surface area (Å²) in [6, 6.07) is 5.17. The van der Waals surface area contributed by atoms with Gasteiger partial charge in [-0.25, -0.2) is 4.79 Å². The van der Waals surface area contributed by atoms with Gasteiger partial charge in [0.15, 0.2) is 0 Å². The summed E-state index contributed by atoms with van der Waals surface area (Å²) < 4.78 is 1.76. The molecule has 2 atom stereocenters. The Morgan fingerprint density at radius 3 is 2.41 bits per heavy atom. The van der Waals surface area contributed by atoms with Gasteiger partial charge in [0.1, 0.15) is 12.7 Å². The van der Waals surface area contributed by atoms with Gasteiger partial charge in [0, 0.05) is 30.0 Å². The fourth-order valence-electron chi connectivity index (χ4n) is 3.66. The number of hydrogen-bond acceptors (Lipinski definition) is 6. The molecule has 0 aliphatic carbocycles. The number of β-amino-alcohol motifs (C(OH)–C–C–N with tert-alkyl or cyclic N) is 1. The Hall–Kier alpha value is -2.81. The lowest BCUT2D eigenvalue weighted by Gasteiger charge is -2.46. The number of nitrogen functional groups attached to an aromatic ring is 1. The maximum absolute atomic E-state index is 11.7. The van der Waals surface area contributed by atoms with Crippen molar-refractivity contribution >= 4 is 17.5 Å². The summed E-state index contributed by atoms with van der Waals surface area (Å²) in [7, 11) is 0. The number of aliphatic hydroxyl groups is 1. The predicted molar refractivity (Wildman–Crippen MR) is 102 cm³/mol. The average molecular weight is 374 g/mol. The standard InChI is InChI=1S/C18H26N6O3/c1-18(2,3)24(17(26)27)15-4-5-22(9-16(15)25)13-6-12(19)7-14(8-13)23-10-20-21-11-23/h6-8,10-11,15-16,25H,4-5,9,19H2,1-3H3,(H,26,27)/t15-,16+/m0/s1. The third-order valence-corrected chi connectivity index (χ3v) is 4.81. The molecule has 0 unspecified atom stereocenters. The molecule has 9 nitrogen and oxygen atoms in total. The minimum absolute atomic E-state index is 0.329. The van der Waals surface area contributed by atoms with Crippen molar-refractivity contribution in [2.75, 3.05) is 23.7 Å². The van der Waals surface area contributed by atoms with Gasteiger partial charge in [-0.2, -0.15) is 0 Å². The normalized spacial score (nSPS) is 20.5. The number of benzene rings is 1. The molecule has 4 N–H and O–H groups in total. The molecule has 27 heavy (non-hydrogen) atoms. The van der Waals surface area contributed by atoms with Crippen LogP contribution < -0.4 is 10.6 Å². The van der Waals surface area contributed by atoms with Gasteiger partial charge in [-0.15, -0.1) is 10.2 Å². The SMILES string of the molecule is CC(C)(C)N(C(=O)O)[C@H]1CCN(c2cc(N)cc(-n3cnnc3)c2)C[C@H]1O. The Bertz CT molecular complexity index is 802. The van der Waals surface area contributed by atoms with E-state index in [1.54, 1.807) is 17.2 Å². The first-order chi connectivity index (χ1) is 12.7. The second-order valence-corrected chi connectivity index (χ2v) is 7.84. The number of carbonyl (C=O) groups is 1. The van der Waals surface area contributed by atoms with E-state index < -0.39 is 23.8 Å². The summed E-state index contributed by atoms with van der Waals surface area (Å²) in [5.41, 5.74) is 7.75. The van der Waals surface area contributed by atoms with E-state index in [-0.39, 0.29) is 0 Å². The first-order valence-electron chi connectivity index (χ1n) is 8.87. The molecule has 1 saturated heterocycles. The molecule has 3 rings (SSSR count). The minimum Gasteiger partial charge on any atom is -0.465 e. The van der Waals surface area contributed by atoms with Crippen molar-refractivity contribution in [3.63, 3.8) is 0 Å². The zero-order valence-electron chi connectivity index (χ0n) is 15.8. The highest BCUT2D eigenvalue weighted by Crippen LogP contribution is 2.29. The van der Waals surface area contributed by atoms with E-state index in [1.165, 1.54) is 4.90 Å². The van der Waals surface area contributed by atoms with Gasteiger partial charge in [-0.3, -0.25) is 9.47 Å². The van der Waals surface area contributed by atoms with Crippen LogP contribution in [0.1, 0.15) is 27.2 Å². The first kappa shape index (κ1) is 19.0. The lowest BCUT2D eigenvalue weighted by atomic mass is 9.94. The van der Waals surface area contributed by atoms with Crippen molar-refractivity contribution in [3.8, 4) is 5.69 Å². The maximum atomic E-state index is 11.7. The lowest BCUT2D eigenvalue weighted by Crippen LogP contribution is -2.60. The van der Waals surface area contributed by atoms with Gasteiger partial charge >= 0.3 is 6.09 Å². The van der Waals surface area contributed by atoms with Gasteiger partial charge in [-0.05, 0) is 45.4 Å². The van der Waals surface area contributed by atoms with Crippen molar-refractivity contribution in [2.24, 2.45) is 0 Å². The van der Waals surface area contributed by atoms with Crippen LogP contribution in [-0.2, 0) is 0 Å². The number of carboxylic acid groups (broad SMARTS) is 1. The van der Waals surface area contributed by atoms with E-state index >= 15 is 0 Å². The Morgan fingerprint density at radius 2 is 1.85 bits per heavy atom. The van der Waals surface area contributed by atoms with Crippen LogP contribution in [0.3, 0.4) is 0 Å². The van der Waals surface area contributed by atoms with Gasteiger partial charge in [0.25, 0.3) is 0 Å². The van der Waals surface area contributed by atoms with Gasteiger partial charge in [-0.1, -0.05) is 0 Å². The zero-order valence-corrected chi connectivity index (χ0v) is 15.8. The van der Waals surface area contributed by atoms with Crippen LogP contribution in [0.15, 0.2) is 30.9 Å². The monoisotopic (exact) mass is 374 g/mol. The number of hydrogen-bond donors (Lipinski definition) is 3. The minimum atomic E-state index is -1.01. The molecule has 1 amide bonds. The lowest BCUT2D eigenvalue weighted by molar-refractivity contribution is -0.000757. The van der Waals surface area contributed by atoms with Crippen LogP contribution in [0.4, 0.5) is 16.2 Å². The molecule has 1 aromatic carbocycles. The highest BCUT2D eigenvalue weighted by atomic mass is 16.4. The fraction of sp³-hybridized carbons (Fsp3) is 0.500. The van der Waals surface area contributed by atoms with E-state index in [0.717, 1.165) is 11.4 Å². The van der Waals surface area contributed by atoms with Gasteiger partial charge in [0.05, 0.1) is 17.8 Å². The second-order valence-electron chi connectivity index (χ2n) is 7.84. The third-order valence-electron chi connectivity index (χ3n) is 4.81. The Labute approximate surface area is 158 Å². The average Bonchev–Trinajstić information content (AvgIpc) is 3.09. The molecule has 1 aromatic heterocycles. The molecular formula is C18H26N6O3. The van der Waals surface area contributed by atoms with Crippen molar-refractivity contribution in [3.05, 3.63) is 30.9 Å². The summed E-state index contributed by atoms with van der Waals surface area (Å²) in [4.78, 5) is 15.1. The molecule has 9 heteroatoms. The Morgan fingerprint density at radius 1 is 1.22 bits per heavy atom. The summed E-state index contributed by atoms with van der Waals surface area (Å²) in [5, 5.41) is 27.9. The largest absolute Gasteiger partial charge is 0.465 e. The highest BCUT2D eigenvalue weighted by molar-refractivity contribution is 5.67. The first-order valence-corrected chi connectivity index (χ1v) is 8.87. The Kier molecular flexibility index (Phi) is 4.97. The van der Waals surface area contributed by atoms with Crippen molar-refractivity contribution < 1.29 is 15.0 Å². The van der Waals surface area contributed by atoms with E-state index in [4.69, 9.17) is 5.73 Å². The number of amides is 1. The summed E-state index contributed by atoms with van der Waals surface area (Å²) in [6.07, 6.45) is 1.90. The second kappa shape index (κ2) is 7.07. The summed E-state index contributed by atoms with van der Waals surface area (Å²) >= 11 is 0. The van der Waals surface area contributed by atoms with Crippen LogP contribution in [0, 0.1) is 0 Å². The molecule has 1 fully saturated rings. The highest BCUT2D eigenvalue weighted by Gasteiger charge is 2.40. The molecule has 2 aromatic rings. The molecule has 0 radical (unpaired) electrons. The molecule has 146 valence electrons. The number of nitrogens with zero attached hydrogens (tertiary/aromatic N) is 5.